The van der Waals surface area contributed by atoms with Crippen LogP contribution in [0.15, 0.2) is 12.1 Å². The molecule has 2 atom stereocenters. The zero-order valence-electron chi connectivity index (χ0n) is 11.9. The van der Waals surface area contributed by atoms with Crippen molar-refractivity contribution in [3.8, 4) is 23.2 Å². The predicted molar refractivity (Wildman–Crippen MR) is 76.0 cm³/mol. The number of aryl methyl sites for hydroxylation is 2. The van der Waals surface area contributed by atoms with Gasteiger partial charge in [0.1, 0.15) is 5.75 Å². The first-order chi connectivity index (χ1) is 9.99. The molecule has 2 bridgehead atoms. The highest BCUT2D eigenvalue weighted by Crippen LogP contribution is 2.58. The Kier molecular flexibility index (Phi) is 2.37. The lowest BCUT2D eigenvalue weighted by Gasteiger charge is -2.13. The molecule has 1 saturated heterocycles. The average Bonchev–Trinajstić information content (AvgIpc) is 3.09. The highest BCUT2D eigenvalue weighted by atomic mass is 16.5. The number of nitrogens with zero attached hydrogens (tertiary/aromatic N) is 1. The lowest BCUT2D eigenvalue weighted by molar-refractivity contribution is 0.0682. The standard InChI is InChI=1S/C16H17NO4/c1-7-5-9(10(18)6-8(7)2)17-15(19)13-11-3-4-12(21-11)14(13)16(17)20/h5-6,11-12,18-20H,3-4H2,1-2H3/t11-,12+. The number of aromatic hydroxyl groups is 3. The number of benzene rings is 1. The van der Waals surface area contributed by atoms with E-state index in [-0.39, 0.29) is 29.7 Å². The first-order valence-corrected chi connectivity index (χ1v) is 7.11. The number of phenolic OH excluding ortho intramolecular Hbond substituents is 1. The molecule has 3 N–H and O–H groups in total. The summed E-state index contributed by atoms with van der Waals surface area (Å²) in [5, 5.41) is 31.2. The van der Waals surface area contributed by atoms with Crippen LogP contribution in [0.1, 0.15) is 47.3 Å². The van der Waals surface area contributed by atoms with Crippen LogP contribution in [-0.4, -0.2) is 19.9 Å². The van der Waals surface area contributed by atoms with E-state index in [2.05, 4.69) is 0 Å². The van der Waals surface area contributed by atoms with Gasteiger partial charge in [-0.2, -0.15) is 0 Å². The molecule has 110 valence electrons. The zero-order valence-corrected chi connectivity index (χ0v) is 11.9. The van der Waals surface area contributed by atoms with Crippen molar-refractivity contribution >= 4 is 0 Å². The topological polar surface area (TPSA) is 74.9 Å². The Balaban J connectivity index is 1.98. The number of phenols is 1. The van der Waals surface area contributed by atoms with Gasteiger partial charge >= 0.3 is 0 Å². The summed E-state index contributed by atoms with van der Waals surface area (Å²) < 4.78 is 7.03. The van der Waals surface area contributed by atoms with Gasteiger partial charge < -0.3 is 20.1 Å². The fraction of sp³-hybridized carbons (Fsp3) is 0.375. The van der Waals surface area contributed by atoms with Crippen molar-refractivity contribution in [2.24, 2.45) is 0 Å². The van der Waals surface area contributed by atoms with Crippen molar-refractivity contribution in [2.75, 3.05) is 0 Å². The number of fused-ring (bicyclic) bond motifs is 5. The second-order valence-electron chi connectivity index (χ2n) is 5.93. The predicted octanol–water partition coefficient (Wildman–Crippen LogP) is 3.12. The lowest BCUT2D eigenvalue weighted by Crippen LogP contribution is -1.98. The quantitative estimate of drug-likeness (QED) is 0.753. The van der Waals surface area contributed by atoms with E-state index in [0.29, 0.717) is 16.8 Å². The fourth-order valence-corrected chi connectivity index (χ4v) is 3.47. The molecule has 0 aliphatic carbocycles. The number of hydrogen-bond acceptors (Lipinski definition) is 4. The summed E-state index contributed by atoms with van der Waals surface area (Å²) >= 11 is 0. The van der Waals surface area contributed by atoms with Crippen LogP contribution in [0.3, 0.4) is 0 Å². The van der Waals surface area contributed by atoms with Crippen LogP contribution in [0.25, 0.3) is 5.69 Å². The molecule has 0 spiro atoms. The number of hydrogen-bond donors (Lipinski definition) is 3. The lowest BCUT2D eigenvalue weighted by atomic mass is 9.95. The van der Waals surface area contributed by atoms with Crippen LogP contribution in [0, 0.1) is 13.8 Å². The summed E-state index contributed by atoms with van der Waals surface area (Å²) in [5.41, 5.74) is 3.66. The van der Waals surface area contributed by atoms with Crippen molar-refractivity contribution < 1.29 is 20.1 Å². The van der Waals surface area contributed by atoms with E-state index < -0.39 is 0 Å². The Morgan fingerprint density at radius 3 is 2.05 bits per heavy atom. The molecule has 0 amide bonds. The van der Waals surface area contributed by atoms with E-state index in [1.165, 1.54) is 4.57 Å². The van der Waals surface area contributed by atoms with Crippen LogP contribution in [0.2, 0.25) is 0 Å². The Morgan fingerprint density at radius 1 is 0.952 bits per heavy atom. The molecule has 5 nitrogen and oxygen atoms in total. The van der Waals surface area contributed by atoms with Gasteiger partial charge in [0.2, 0.25) is 11.8 Å². The van der Waals surface area contributed by atoms with Gasteiger partial charge in [-0.05, 0) is 49.9 Å². The molecule has 1 aromatic carbocycles. The smallest absolute Gasteiger partial charge is 0.205 e. The monoisotopic (exact) mass is 287 g/mol. The first-order valence-electron chi connectivity index (χ1n) is 7.11. The van der Waals surface area contributed by atoms with Gasteiger partial charge in [-0.3, -0.25) is 0 Å². The van der Waals surface area contributed by atoms with E-state index in [1.54, 1.807) is 12.1 Å². The van der Waals surface area contributed by atoms with Crippen molar-refractivity contribution in [2.45, 2.75) is 38.9 Å². The Morgan fingerprint density at radius 2 is 1.48 bits per heavy atom. The van der Waals surface area contributed by atoms with Gasteiger partial charge in [0.25, 0.3) is 0 Å². The normalized spacial score (nSPS) is 22.8. The van der Waals surface area contributed by atoms with Crippen LogP contribution < -0.4 is 0 Å². The third-order valence-corrected chi connectivity index (χ3v) is 4.69. The molecule has 0 saturated carbocycles. The van der Waals surface area contributed by atoms with Crippen molar-refractivity contribution in [1.29, 1.82) is 0 Å². The van der Waals surface area contributed by atoms with Gasteiger partial charge in [-0.25, -0.2) is 4.57 Å². The van der Waals surface area contributed by atoms with Gasteiger partial charge in [-0.15, -0.1) is 0 Å². The maximum Gasteiger partial charge on any atom is 0.205 e. The Bertz CT molecular complexity index is 729. The highest BCUT2D eigenvalue weighted by molar-refractivity contribution is 5.61. The first kappa shape index (κ1) is 12.6. The van der Waals surface area contributed by atoms with Gasteiger partial charge in [0.15, 0.2) is 0 Å². The average molecular weight is 287 g/mol. The third kappa shape index (κ3) is 1.49. The molecule has 1 fully saturated rings. The number of ether oxygens (including phenoxy) is 1. The molecule has 0 radical (unpaired) electrons. The van der Waals surface area contributed by atoms with Crippen LogP contribution in [0.5, 0.6) is 17.5 Å². The number of aromatic nitrogens is 1. The molecule has 5 heteroatoms. The summed E-state index contributed by atoms with van der Waals surface area (Å²) in [5.74, 6) is -0.0351. The van der Waals surface area contributed by atoms with E-state index in [1.807, 2.05) is 13.8 Å². The summed E-state index contributed by atoms with van der Waals surface area (Å²) in [6, 6.07) is 3.40. The minimum Gasteiger partial charge on any atom is -0.506 e. The molecular weight excluding hydrogens is 270 g/mol. The second-order valence-corrected chi connectivity index (χ2v) is 5.93. The molecule has 21 heavy (non-hydrogen) atoms. The second kappa shape index (κ2) is 3.95. The maximum absolute atomic E-state index is 10.5. The fourth-order valence-electron chi connectivity index (χ4n) is 3.47. The summed E-state index contributed by atoms with van der Waals surface area (Å²) in [4.78, 5) is 0. The molecule has 2 aromatic rings. The van der Waals surface area contributed by atoms with E-state index in [0.717, 1.165) is 24.0 Å². The molecule has 2 aliphatic heterocycles. The van der Waals surface area contributed by atoms with Crippen LogP contribution in [-0.2, 0) is 4.74 Å². The van der Waals surface area contributed by atoms with Crippen LogP contribution >= 0.6 is 0 Å². The van der Waals surface area contributed by atoms with Gasteiger partial charge in [0.05, 0.1) is 29.0 Å². The van der Waals surface area contributed by atoms with Gasteiger partial charge in [0, 0.05) is 0 Å². The Labute approximate surface area is 122 Å². The van der Waals surface area contributed by atoms with E-state index in [4.69, 9.17) is 4.74 Å². The van der Waals surface area contributed by atoms with Crippen molar-refractivity contribution in [3.63, 3.8) is 0 Å². The molecule has 0 unspecified atom stereocenters. The van der Waals surface area contributed by atoms with Crippen molar-refractivity contribution in [3.05, 3.63) is 34.4 Å². The minimum atomic E-state index is -0.147. The SMILES string of the molecule is Cc1cc(O)c(-n2c(O)c3c(c2O)[C@H]2CC[C@@H]3O2)cc1C. The molecule has 3 heterocycles. The molecule has 1 aromatic heterocycles. The van der Waals surface area contributed by atoms with E-state index in [9.17, 15) is 15.3 Å². The molecule has 4 rings (SSSR count). The molecule has 2 aliphatic rings. The molecular formula is C16H17NO4. The number of rotatable bonds is 1. The summed E-state index contributed by atoms with van der Waals surface area (Å²) in [6.45, 7) is 3.83. The summed E-state index contributed by atoms with van der Waals surface area (Å²) in [6.07, 6.45) is 1.41. The van der Waals surface area contributed by atoms with Crippen LogP contribution in [0.4, 0.5) is 0 Å². The maximum atomic E-state index is 10.5. The summed E-state index contributed by atoms with van der Waals surface area (Å²) in [7, 11) is 0. The highest BCUT2D eigenvalue weighted by Gasteiger charge is 2.45. The van der Waals surface area contributed by atoms with E-state index >= 15 is 0 Å². The van der Waals surface area contributed by atoms with Crippen molar-refractivity contribution in [1.82, 2.24) is 4.57 Å². The zero-order chi connectivity index (χ0) is 14.9. The minimum absolute atomic E-state index is 0.0330. The Hall–Kier alpha value is -2.14. The third-order valence-electron chi connectivity index (χ3n) is 4.69. The largest absolute Gasteiger partial charge is 0.506 e. The van der Waals surface area contributed by atoms with Gasteiger partial charge in [-0.1, -0.05) is 0 Å².